The molecular weight excluding hydrogens is 260 g/mol. The van der Waals surface area contributed by atoms with E-state index in [1.807, 2.05) is 0 Å². The van der Waals surface area contributed by atoms with Crippen LogP contribution in [0.15, 0.2) is 18.2 Å². The van der Waals surface area contributed by atoms with Gasteiger partial charge in [-0.25, -0.2) is 8.78 Å². The summed E-state index contributed by atoms with van der Waals surface area (Å²) in [6, 6.07) is 4.44. The molecule has 1 N–H and O–H groups in total. The second-order valence-electron chi connectivity index (χ2n) is 5.99. The standard InChI is InChI=1S/C16H23F2NO/c1-16(13-6-7-13,11-19-8-9-20-2)10-12-4-3-5-14(17)15(12)18/h3-5,13,19H,6-11H2,1-2H3. The molecule has 20 heavy (non-hydrogen) atoms. The predicted molar refractivity (Wildman–Crippen MR) is 75.6 cm³/mol. The van der Waals surface area contributed by atoms with Crippen molar-refractivity contribution in [3.63, 3.8) is 0 Å². The minimum absolute atomic E-state index is 0.0254. The third kappa shape index (κ3) is 3.76. The van der Waals surface area contributed by atoms with Crippen molar-refractivity contribution in [2.45, 2.75) is 26.2 Å². The lowest BCUT2D eigenvalue weighted by Gasteiger charge is -2.30. The quantitative estimate of drug-likeness (QED) is 0.740. The molecule has 1 unspecified atom stereocenters. The summed E-state index contributed by atoms with van der Waals surface area (Å²) in [4.78, 5) is 0. The Balaban J connectivity index is 2.03. The minimum Gasteiger partial charge on any atom is -0.383 e. The van der Waals surface area contributed by atoms with Gasteiger partial charge in [-0.3, -0.25) is 0 Å². The molecular formula is C16H23F2NO. The fourth-order valence-corrected chi connectivity index (χ4v) is 2.80. The Bertz CT molecular complexity index is 448. The Hall–Kier alpha value is -1.00. The Morgan fingerprint density at radius 1 is 1.35 bits per heavy atom. The van der Waals surface area contributed by atoms with Gasteiger partial charge in [-0.05, 0) is 42.2 Å². The first-order valence-corrected chi connectivity index (χ1v) is 7.19. The number of halogens is 2. The van der Waals surface area contributed by atoms with Crippen molar-refractivity contribution in [2.24, 2.45) is 11.3 Å². The molecule has 2 nitrogen and oxygen atoms in total. The Morgan fingerprint density at radius 3 is 2.75 bits per heavy atom. The van der Waals surface area contributed by atoms with E-state index in [9.17, 15) is 8.78 Å². The lowest BCUT2D eigenvalue weighted by molar-refractivity contribution is 0.186. The van der Waals surface area contributed by atoms with Crippen LogP contribution in [0, 0.1) is 23.0 Å². The molecule has 1 aliphatic carbocycles. The Labute approximate surface area is 119 Å². The van der Waals surface area contributed by atoms with E-state index in [2.05, 4.69) is 12.2 Å². The van der Waals surface area contributed by atoms with Gasteiger partial charge in [-0.1, -0.05) is 19.1 Å². The van der Waals surface area contributed by atoms with Gasteiger partial charge < -0.3 is 10.1 Å². The third-order valence-corrected chi connectivity index (χ3v) is 4.20. The molecule has 1 fully saturated rings. The van der Waals surface area contributed by atoms with E-state index in [4.69, 9.17) is 4.74 Å². The fraction of sp³-hybridized carbons (Fsp3) is 0.625. The Morgan fingerprint density at radius 2 is 2.10 bits per heavy atom. The first-order chi connectivity index (χ1) is 9.57. The van der Waals surface area contributed by atoms with Gasteiger partial charge in [-0.2, -0.15) is 0 Å². The number of hydrogen-bond donors (Lipinski definition) is 1. The van der Waals surface area contributed by atoms with Crippen LogP contribution >= 0.6 is 0 Å². The van der Waals surface area contributed by atoms with Crippen LogP contribution in [0.2, 0.25) is 0 Å². The number of benzene rings is 1. The highest BCUT2D eigenvalue weighted by Crippen LogP contribution is 2.47. The molecule has 0 radical (unpaired) electrons. The smallest absolute Gasteiger partial charge is 0.162 e. The van der Waals surface area contributed by atoms with Crippen molar-refractivity contribution < 1.29 is 13.5 Å². The van der Waals surface area contributed by atoms with Crippen molar-refractivity contribution in [2.75, 3.05) is 26.8 Å². The van der Waals surface area contributed by atoms with E-state index in [1.54, 1.807) is 19.2 Å². The molecule has 4 heteroatoms. The van der Waals surface area contributed by atoms with E-state index in [0.29, 0.717) is 24.5 Å². The van der Waals surface area contributed by atoms with E-state index in [-0.39, 0.29) is 5.41 Å². The molecule has 1 aromatic rings. The van der Waals surface area contributed by atoms with Crippen LogP contribution in [0.4, 0.5) is 8.78 Å². The normalized spacial score (nSPS) is 18.0. The number of hydrogen-bond acceptors (Lipinski definition) is 2. The third-order valence-electron chi connectivity index (χ3n) is 4.20. The van der Waals surface area contributed by atoms with Crippen molar-refractivity contribution in [1.82, 2.24) is 5.32 Å². The van der Waals surface area contributed by atoms with Crippen LogP contribution in [-0.2, 0) is 11.2 Å². The van der Waals surface area contributed by atoms with Gasteiger partial charge in [0.1, 0.15) is 0 Å². The van der Waals surface area contributed by atoms with Gasteiger partial charge in [0.2, 0.25) is 0 Å². The molecule has 0 aliphatic heterocycles. The minimum atomic E-state index is -0.756. The van der Waals surface area contributed by atoms with Gasteiger partial charge in [0.05, 0.1) is 6.61 Å². The van der Waals surface area contributed by atoms with Crippen LogP contribution in [0.1, 0.15) is 25.3 Å². The number of nitrogens with one attached hydrogen (secondary N) is 1. The zero-order valence-corrected chi connectivity index (χ0v) is 12.2. The first-order valence-electron chi connectivity index (χ1n) is 7.19. The first kappa shape index (κ1) is 15.4. The largest absolute Gasteiger partial charge is 0.383 e. The van der Waals surface area contributed by atoms with Crippen molar-refractivity contribution in [1.29, 1.82) is 0 Å². The Kier molecular flexibility index (Phi) is 5.11. The molecule has 0 spiro atoms. The van der Waals surface area contributed by atoms with Gasteiger partial charge >= 0.3 is 0 Å². The fourth-order valence-electron chi connectivity index (χ4n) is 2.80. The molecule has 1 saturated carbocycles. The van der Waals surface area contributed by atoms with Crippen LogP contribution < -0.4 is 5.32 Å². The molecule has 0 heterocycles. The highest BCUT2D eigenvalue weighted by Gasteiger charge is 2.41. The average Bonchev–Trinajstić information content (AvgIpc) is 3.25. The van der Waals surface area contributed by atoms with E-state index in [0.717, 1.165) is 13.1 Å². The highest BCUT2D eigenvalue weighted by molar-refractivity contribution is 5.21. The molecule has 1 aromatic carbocycles. The van der Waals surface area contributed by atoms with Crippen LogP contribution in [0.25, 0.3) is 0 Å². The molecule has 2 rings (SSSR count). The lowest BCUT2D eigenvalue weighted by atomic mass is 9.78. The molecule has 1 atom stereocenters. The number of methoxy groups -OCH3 is 1. The number of ether oxygens (including phenoxy) is 1. The summed E-state index contributed by atoms with van der Waals surface area (Å²) >= 11 is 0. The zero-order chi connectivity index (χ0) is 14.6. The SMILES string of the molecule is COCCNCC(C)(Cc1cccc(F)c1F)C1CC1. The molecule has 0 aromatic heterocycles. The van der Waals surface area contributed by atoms with Crippen molar-refractivity contribution in [3.05, 3.63) is 35.4 Å². The molecule has 0 bridgehead atoms. The summed E-state index contributed by atoms with van der Waals surface area (Å²) in [5, 5.41) is 3.36. The van der Waals surface area contributed by atoms with Gasteiger partial charge in [-0.15, -0.1) is 0 Å². The van der Waals surface area contributed by atoms with Gasteiger partial charge in [0.25, 0.3) is 0 Å². The summed E-state index contributed by atoms with van der Waals surface area (Å²) in [5.41, 5.74) is 0.454. The summed E-state index contributed by atoms with van der Waals surface area (Å²) in [6.45, 7) is 4.41. The molecule has 1 aliphatic rings. The summed E-state index contributed by atoms with van der Waals surface area (Å²) < 4.78 is 32.2. The second-order valence-corrected chi connectivity index (χ2v) is 5.99. The van der Waals surface area contributed by atoms with Crippen molar-refractivity contribution in [3.8, 4) is 0 Å². The average molecular weight is 283 g/mol. The van der Waals surface area contributed by atoms with Gasteiger partial charge in [0.15, 0.2) is 11.6 Å². The lowest BCUT2D eigenvalue weighted by Crippen LogP contribution is -2.37. The monoisotopic (exact) mass is 283 g/mol. The highest BCUT2D eigenvalue weighted by atomic mass is 19.2. The molecule has 0 saturated heterocycles. The van der Waals surface area contributed by atoms with Crippen LogP contribution in [0.5, 0.6) is 0 Å². The predicted octanol–water partition coefficient (Wildman–Crippen LogP) is 3.16. The molecule has 0 amide bonds. The summed E-state index contributed by atoms with van der Waals surface area (Å²) in [5.74, 6) is -0.857. The van der Waals surface area contributed by atoms with E-state index in [1.165, 1.54) is 18.9 Å². The zero-order valence-electron chi connectivity index (χ0n) is 12.2. The summed E-state index contributed by atoms with van der Waals surface area (Å²) in [7, 11) is 1.67. The maximum Gasteiger partial charge on any atom is 0.162 e. The maximum atomic E-state index is 13.8. The second kappa shape index (κ2) is 6.64. The molecule has 112 valence electrons. The number of rotatable bonds is 8. The van der Waals surface area contributed by atoms with Crippen LogP contribution in [-0.4, -0.2) is 26.8 Å². The topological polar surface area (TPSA) is 21.3 Å². The maximum absolute atomic E-state index is 13.8. The van der Waals surface area contributed by atoms with Crippen LogP contribution in [0.3, 0.4) is 0 Å². The van der Waals surface area contributed by atoms with Gasteiger partial charge in [0, 0.05) is 20.2 Å². The van der Waals surface area contributed by atoms with Crippen molar-refractivity contribution >= 4 is 0 Å². The van der Waals surface area contributed by atoms with E-state index >= 15 is 0 Å². The van der Waals surface area contributed by atoms with E-state index < -0.39 is 11.6 Å². The summed E-state index contributed by atoms with van der Waals surface area (Å²) in [6.07, 6.45) is 2.93.